The third-order valence-electron chi connectivity index (χ3n) is 3.16. The van der Waals surface area contributed by atoms with Gasteiger partial charge < -0.3 is 20.6 Å². The second-order valence-electron chi connectivity index (χ2n) is 4.46. The Morgan fingerprint density at radius 1 is 1.50 bits per heavy atom. The summed E-state index contributed by atoms with van der Waals surface area (Å²) >= 11 is 0. The predicted octanol–water partition coefficient (Wildman–Crippen LogP) is 0.0341. The van der Waals surface area contributed by atoms with Crippen molar-refractivity contribution in [2.75, 3.05) is 25.1 Å². The molecule has 0 amide bonds. The molecular weight excluding hydrogens is 234 g/mol. The lowest BCUT2D eigenvalue weighted by molar-refractivity contribution is -0.604. The Labute approximate surface area is 106 Å². The zero-order valence-electron chi connectivity index (χ0n) is 10.3. The molecule has 18 heavy (non-hydrogen) atoms. The zero-order chi connectivity index (χ0) is 13.1. The first-order valence-corrected chi connectivity index (χ1v) is 5.93. The lowest BCUT2D eigenvalue weighted by Crippen LogP contribution is -2.41. The molecule has 6 nitrogen and oxygen atoms in total. The number of piperidine rings is 1. The molecule has 1 aliphatic heterocycles. The number of rotatable bonds is 2. The number of carbonyl (C=O) groups is 1. The second-order valence-corrected chi connectivity index (χ2v) is 4.46. The minimum absolute atomic E-state index is 0.226. The van der Waals surface area contributed by atoms with Crippen LogP contribution in [0.3, 0.4) is 0 Å². The number of ether oxygens (including phenoxy) is 1. The summed E-state index contributed by atoms with van der Waals surface area (Å²) in [7, 11) is 1.30. The molecule has 2 rings (SSSR count). The number of carbonyl (C=O) groups excluding carboxylic acids is 1. The lowest BCUT2D eigenvalue weighted by Gasteiger charge is -2.31. The van der Waals surface area contributed by atoms with Crippen molar-refractivity contribution in [3.8, 4) is 0 Å². The van der Waals surface area contributed by atoms with E-state index in [-0.39, 0.29) is 11.6 Å². The molecule has 2 N–H and O–H groups in total. The second kappa shape index (κ2) is 5.22. The minimum Gasteiger partial charge on any atom is -0.619 e. The average Bonchev–Trinajstić information content (AvgIpc) is 2.38. The van der Waals surface area contributed by atoms with Crippen LogP contribution in [0.2, 0.25) is 0 Å². The van der Waals surface area contributed by atoms with Crippen LogP contribution in [0.5, 0.6) is 0 Å². The first kappa shape index (κ1) is 12.6. The van der Waals surface area contributed by atoms with E-state index in [0.29, 0.717) is 4.73 Å². The van der Waals surface area contributed by atoms with E-state index in [4.69, 9.17) is 5.73 Å². The van der Waals surface area contributed by atoms with Gasteiger partial charge in [-0.05, 0) is 18.9 Å². The number of methoxy groups -OCH3 is 1. The molecule has 1 fully saturated rings. The summed E-state index contributed by atoms with van der Waals surface area (Å²) in [4.78, 5) is 13.5. The number of hydrogen-bond acceptors (Lipinski definition) is 5. The molecule has 0 unspecified atom stereocenters. The first-order chi connectivity index (χ1) is 8.60. The Balaban J connectivity index is 2.22. The van der Waals surface area contributed by atoms with Gasteiger partial charge in [0.15, 0.2) is 6.20 Å². The highest BCUT2D eigenvalue weighted by molar-refractivity contribution is 5.89. The highest BCUT2D eigenvalue weighted by Gasteiger charge is 2.20. The monoisotopic (exact) mass is 251 g/mol. The van der Waals surface area contributed by atoms with Gasteiger partial charge in [-0.25, -0.2) is 4.79 Å². The number of nitrogens with two attached hydrogens (primary N) is 1. The van der Waals surface area contributed by atoms with Crippen LogP contribution >= 0.6 is 0 Å². The highest BCUT2D eigenvalue weighted by atomic mass is 16.5. The summed E-state index contributed by atoms with van der Waals surface area (Å²) < 4.78 is 5.26. The quantitative estimate of drug-likeness (QED) is 0.455. The number of nitrogens with zero attached hydrogens (tertiary/aromatic N) is 2. The fourth-order valence-corrected chi connectivity index (χ4v) is 2.10. The van der Waals surface area contributed by atoms with Crippen molar-refractivity contribution in [1.29, 1.82) is 0 Å². The van der Waals surface area contributed by atoms with E-state index >= 15 is 0 Å². The van der Waals surface area contributed by atoms with Crippen LogP contribution in [0.25, 0.3) is 0 Å². The Morgan fingerprint density at radius 2 is 2.17 bits per heavy atom. The summed E-state index contributed by atoms with van der Waals surface area (Å²) in [5, 5.41) is 11.5. The van der Waals surface area contributed by atoms with Gasteiger partial charge in [-0.2, -0.15) is 4.73 Å². The van der Waals surface area contributed by atoms with Gasteiger partial charge in [-0.1, -0.05) is 0 Å². The third-order valence-corrected chi connectivity index (χ3v) is 3.16. The van der Waals surface area contributed by atoms with Gasteiger partial charge in [-0.3, -0.25) is 0 Å². The number of hydrogen-bond donors (Lipinski definition) is 1. The van der Waals surface area contributed by atoms with Crippen LogP contribution < -0.4 is 15.4 Å². The summed E-state index contributed by atoms with van der Waals surface area (Å²) in [6.07, 6.45) is 4.46. The summed E-state index contributed by atoms with van der Waals surface area (Å²) in [5.74, 6) is -0.504. The van der Waals surface area contributed by atoms with Gasteiger partial charge in [0.2, 0.25) is 6.20 Å². The third kappa shape index (κ3) is 2.70. The van der Waals surface area contributed by atoms with E-state index in [0.717, 1.165) is 31.6 Å². The molecule has 1 aromatic rings. The Bertz CT molecular complexity index is 442. The zero-order valence-corrected chi connectivity index (χ0v) is 10.3. The molecule has 0 aromatic carbocycles. The summed E-state index contributed by atoms with van der Waals surface area (Å²) in [6, 6.07) is 1.90. The predicted molar refractivity (Wildman–Crippen MR) is 66.2 cm³/mol. The normalized spacial score (nSPS) is 16.7. The largest absolute Gasteiger partial charge is 0.619 e. The van der Waals surface area contributed by atoms with Crippen molar-refractivity contribution in [1.82, 2.24) is 0 Å². The molecule has 1 saturated heterocycles. The molecule has 0 spiro atoms. The Hall–Kier alpha value is -1.82. The average molecular weight is 251 g/mol. The molecule has 2 heterocycles. The van der Waals surface area contributed by atoms with Crippen molar-refractivity contribution in [3.05, 3.63) is 29.2 Å². The van der Waals surface area contributed by atoms with Crippen LogP contribution in [-0.4, -0.2) is 32.2 Å². The maximum absolute atomic E-state index is 11.5. The molecule has 0 radical (unpaired) electrons. The van der Waals surface area contributed by atoms with E-state index in [1.165, 1.54) is 19.5 Å². The maximum atomic E-state index is 11.5. The van der Waals surface area contributed by atoms with Gasteiger partial charge in [0, 0.05) is 19.1 Å². The molecule has 1 aromatic heterocycles. The standard InChI is InChI=1S/C12H17N3O3/c1-18-12(16)9-6-11(8-15(17)7-9)14-4-2-10(13)3-5-14/h6-8,10H,2-5,13H2,1H3. The van der Waals surface area contributed by atoms with Crippen LogP contribution in [0.1, 0.15) is 23.2 Å². The van der Waals surface area contributed by atoms with E-state index in [1.807, 2.05) is 0 Å². The Morgan fingerprint density at radius 3 is 2.78 bits per heavy atom. The van der Waals surface area contributed by atoms with Crippen LogP contribution in [0.15, 0.2) is 18.5 Å². The van der Waals surface area contributed by atoms with Gasteiger partial charge in [0.25, 0.3) is 0 Å². The fraction of sp³-hybridized carbons (Fsp3) is 0.500. The van der Waals surface area contributed by atoms with E-state index in [1.54, 1.807) is 6.07 Å². The van der Waals surface area contributed by atoms with Gasteiger partial charge in [0.1, 0.15) is 11.3 Å². The van der Waals surface area contributed by atoms with Crippen molar-refractivity contribution in [3.63, 3.8) is 0 Å². The van der Waals surface area contributed by atoms with E-state index in [9.17, 15) is 10.0 Å². The van der Waals surface area contributed by atoms with Gasteiger partial charge in [0.05, 0.1) is 7.11 Å². The summed E-state index contributed by atoms with van der Waals surface area (Å²) in [5.41, 5.74) is 6.84. The van der Waals surface area contributed by atoms with E-state index in [2.05, 4.69) is 9.64 Å². The van der Waals surface area contributed by atoms with Crippen molar-refractivity contribution in [2.24, 2.45) is 5.73 Å². The molecule has 0 bridgehead atoms. The molecule has 0 atom stereocenters. The van der Waals surface area contributed by atoms with Crippen molar-refractivity contribution in [2.45, 2.75) is 18.9 Å². The van der Waals surface area contributed by atoms with Crippen LogP contribution in [0, 0.1) is 5.21 Å². The molecule has 6 heteroatoms. The minimum atomic E-state index is -0.504. The molecule has 98 valence electrons. The first-order valence-electron chi connectivity index (χ1n) is 5.93. The van der Waals surface area contributed by atoms with Crippen molar-refractivity contribution < 1.29 is 14.3 Å². The smallest absolute Gasteiger partial charge is 0.344 e. The molecule has 1 aliphatic rings. The summed E-state index contributed by atoms with van der Waals surface area (Å²) in [6.45, 7) is 1.59. The van der Waals surface area contributed by atoms with E-state index < -0.39 is 5.97 Å². The topological polar surface area (TPSA) is 82.5 Å². The number of pyridine rings is 1. The van der Waals surface area contributed by atoms with Crippen LogP contribution in [0.4, 0.5) is 5.69 Å². The van der Waals surface area contributed by atoms with Gasteiger partial charge >= 0.3 is 5.97 Å². The SMILES string of the molecule is COC(=O)c1cc(N2CCC(N)CC2)c[n+]([O-])c1. The maximum Gasteiger partial charge on any atom is 0.344 e. The highest BCUT2D eigenvalue weighted by Crippen LogP contribution is 2.19. The molecular formula is C12H17N3O3. The van der Waals surface area contributed by atoms with Crippen molar-refractivity contribution >= 4 is 11.7 Å². The number of aromatic nitrogens is 1. The molecule has 0 aliphatic carbocycles. The lowest BCUT2D eigenvalue weighted by atomic mass is 10.1. The Kier molecular flexibility index (Phi) is 3.66. The van der Waals surface area contributed by atoms with Crippen LogP contribution in [-0.2, 0) is 4.74 Å². The fourth-order valence-electron chi connectivity index (χ4n) is 2.10. The number of esters is 1. The molecule has 0 saturated carbocycles. The number of anilines is 1. The van der Waals surface area contributed by atoms with Gasteiger partial charge in [-0.15, -0.1) is 0 Å².